The topological polar surface area (TPSA) is 65.3 Å². The van der Waals surface area contributed by atoms with Crippen molar-refractivity contribution in [3.63, 3.8) is 0 Å². The van der Waals surface area contributed by atoms with Crippen LogP contribution in [0.1, 0.15) is 22.1 Å². The fourth-order valence-electron chi connectivity index (χ4n) is 2.57. The van der Waals surface area contributed by atoms with Gasteiger partial charge in [-0.25, -0.2) is 0 Å². The highest BCUT2D eigenvalue weighted by atomic mass is 32.1. The number of hydrogen-bond donors (Lipinski definition) is 2. The van der Waals surface area contributed by atoms with Crippen molar-refractivity contribution < 1.29 is 9.84 Å². The van der Waals surface area contributed by atoms with Crippen LogP contribution in [0.25, 0.3) is 10.1 Å². The van der Waals surface area contributed by atoms with E-state index in [1.165, 1.54) is 4.70 Å². The number of benzene rings is 2. The molecule has 4 nitrogen and oxygen atoms in total. The van der Waals surface area contributed by atoms with Gasteiger partial charge < -0.3 is 15.2 Å². The van der Waals surface area contributed by atoms with Gasteiger partial charge >= 0.3 is 0 Å². The summed E-state index contributed by atoms with van der Waals surface area (Å²) in [5.41, 5.74) is 1.50. The lowest BCUT2D eigenvalue weighted by Crippen LogP contribution is -2.20. The highest BCUT2D eigenvalue weighted by molar-refractivity contribution is 7.19. The van der Waals surface area contributed by atoms with Gasteiger partial charge in [0.25, 0.3) is 0 Å². The number of aliphatic hydroxyl groups excluding tert-OH is 1. The second kappa shape index (κ2) is 7.45. The molecule has 0 radical (unpaired) electrons. The maximum atomic E-state index is 10.4. The average Bonchev–Trinajstić information content (AvgIpc) is 3.05. The summed E-state index contributed by atoms with van der Waals surface area (Å²) in [6.07, 6.45) is -0.545. The number of ether oxygens (including phenoxy) is 1. The molecule has 3 aromatic rings. The third-order valence-corrected chi connectivity index (χ3v) is 5.04. The minimum absolute atomic E-state index is 0.459. The summed E-state index contributed by atoms with van der Waals surface area (Å²) in [5.74, 6) is 0.576. The lowest BCUT2D eigenvalue weighted by atomic mass is 10.1. The molecule has 5 heteroatoms. The zero-order valence-electron chi connectivity index (χ0n) is 13.3. The number of nitriles is 1. The fraction of sp³-hybridized carbons (Fsp3) is 0.211. The summed E-state index contributed by atoms with van der Waals surface area (Å²) >= 11 is 1.61. The van der Waals surface area contributed by atoms with Crippen molar-refractivity contribution in [1.82, 2.24) is 5.32 Å². The molecule has 0 aliphatic carbocycles. The van der Waals surface area contributed by atoms with E-state index in [1.807, 2.05) is 24.3 Å². The van der Waals surface area contributed by atoms with Crippen LogP contribution in [-0.4, -0.2) is 18.8 Å². The molecule has 1 unspecified atom stereocenters. The van der Waals surface area contributed by atoms with Gasteiger partial charge in [0.2, 0.25) is 0 Å². The van der Waals surface area contributed by atoms with Crippen LogP contribution in [-0.2, 0) is 6.54 Å². The van der Waals surface area contributed by atoms with E-state index in [-0.39, 0.29) is 0 Å². The Kier molecular flexibility index (Phi) is 5.11. The van der Waals surface area contributed by atoms with E-state index < -0.39 is 6.10 Å². The normalized spacial score (nSPS) is 12.0. The van der Waals surface area contributed by atoms with E-state index in [2.05, 4.69) is 23.5 Å². The van der Waals surface area contributed by atoms with E-state index in [4.69, 9.17) is 10.00 Å². The van der Waals surface area contributed by atoms with Crippen molar-refractivity contribution in [3.8, 4) is 11.8 Å². The molecule has 0 fully saturated rings. The van der Waals surface area contributed by atoms with Gasteiger partial charge in [-0.15, -0.1) is 11.3 Å². The SMILES string of the molecule is COc1ccc(CNCC(O)c2cc3ccccc3s2)cc1C#N. The first-order chi connectivity index (χ1) is 11.7. The number of hydrogen-bond acceptors (Lipinski definition) is 5. The molecule has 24 heavy (non-hydrogen) atoms. The Bertz CT molecular complexity index is 849. The Morgan fingerprint density at radius 3 is 2.83 bits per heavy atom. The van der Waals surface area contributed by atoms with Gasteiger partial charge in [-0.05, 0) is 35.2 Å². The van der Waals surface area contributed by atoms with E-state index in [1.54, 1.807) is 30.6 Å². The molecule has 2 aromatic carbocycles. The van der Waals surface area contributed by atoms with Crippen molar-refractivity contribution in [2.45, 2.75) is 12.6 Å². The quantitative estimate of drug-likeness (QED) is 0.721. The number of rotatable bonds is 6. The van der Waals surface area contributed by atoms with E-state index >= 15 is 0 Å². The van der Waals surface area contributed by atoms with Crippen LogP contribution in [0, 0.1) is 11.3 Å². The van der Waals surface area contributed by atoms with Gasteiger partial charge in [-0.1, -0.05) is 24.3 Å². The first kappa shape index (κ1) is 16.5. The molecule has 0 saturated heterocycles. The molecule has 1 heterocycles. The second-order valence-electron chi connectivity index (χ2n) is 5.48. The molecule has 2 N–H and O–H groups in total. The Labute approximate surface area is 144 Å². The van der Waals surface area contributed by atoms with Crippen molar-refractivity contribution in [2.24, 2.45) is 0 Å². The fourth-order valence-corrected chi connectivity index (χ4v) is 3.62. The number of nitrogens with one attached hydrogen (secondary N) is 1. The van der Waals surface area contributed by atoms with Crippen LogP contribution in [0.5, 0.6) is 5.75 Å². The average molecular weight is 338 g/mol. The van der Waals surface area contributed by atoms with Crippen LogP contribution in [0.3, 0.4) is 0 Å². The Balaban J connectivity index is 1.60. The summed E-state index contributed by atoms with van der Waals surface area (Å²) in [7, 11) is 1.55. The number of fused-ring (bicyclic) bond motifs is 1. The summed E-state index contributed by atoms with van der Waals surface area (Å²) in [6.45, 7) is 1.04. The molecule has 1 atom stereocenters. The lowest BCUT2D eigenvalue weighted by molar-refractivity contribution is 0.178. The maximum Gasteiger partial charge on any atom is 0.136 e. The summed E-state index contributed by atoms with van der Waals surface area (Å²) in [6, 6.07) is 17.8. The smallest absolute Gasteiger partial charge is 0.136 e. The minimum atomic E-state index is -0.545. The van der Waals surface area contributed by atoms with Crippen LogP contribution in [0.2, 0.25) is 0 Å². The van der Waals surface area contributed by atoms with Crippen molar-refractivity contribution >= 4 is 21.4 Å². The molecule has 0 saturated carbocycles. The Morgan fingerprint density at radius 2 is 2.08 bits per heavy atom. The van der Waals surface area contributed by atoms with Crippen LogP contribution >= 0.6 is 11.3 Å². The number of methoxy groups -OCH3 is 1. The first-order valence-corrected chi connectivity index (χ1v) is 8.47. The van der Waals surface area contributed by atoms with Crippen LogP contribution in [0.4, 0.5) is 0 Å². The molecule has 0 amide bonds. The van der Waals surface area contributed by atoms with Gasteiger partial charge in [0, 0.05) is 22.7 Å². The second-order valence-corrected chi connectivity index (χ2v) is 6.60. The van der Waals surface area contributed by atoms with Gasteiger partial charge in [0.1, 0.15) is 17.9 Å². The molecule has 122 valence electrons. The highest BCUT2D eigenvalue weighted by Gasteiger charge is 2.11. The van der Waals surface area contributed by atoms with E-state index in [0.29, 0.717) is 24.4 Å². The Morgan fingerprint density at radius 1 is 1.25 bits per heavy atom. The van der Waals surface area contributed by atoms with Crippen LogP contribution < -0.4 is 10.1 Å². The number of aliphatic hydroxyl groups is 1. The van der Waals surface area contributed by atoms with Gasteiger partial charge in [-0.3, -0.25) is 0 Å². The van der Waals surface area contributed by atoms with Crippen LogP contribution in [0.15, 0.2) is 48.5 Å². The zero-order valence-corrected chi connectivity index (χ0v) is 14.1. The molecular formula is C19H18N2O2S. The molecule has 1 aromatic heterocycles. The third-order valence-electron chi connectivity index (χ3n) is 3.82. The molecule has 0 aliphatic heterocycles. The monoisotopic (exact) mass is 338 g/mol. The van der Waals surface area contributed by atoms with Gasteiger partial charge in [0.15, 0.2) is 0 Å². The molecular weight excluding hydrogens is 320 g/mol. The van der Waals surface area contributed by atoms with E-state index in [0.717, 1.165) is 15.8 Å². The largest absolute Gasteiger partial charge is 0.495 e. The highest BCUT2D eigenvalue weighted by Crippen LogP contribution is 2.29. The molecule has 0 aliphatic rings. The molecule has 0 spiro atoms. The summed E-state index contributed by atoms with van der Waals surface area (Å²) in [5, 5.41) is 23.9. The summed E-state index contributed by atoms with van der Waals surface area (Å²) < 4.78 is 6.32. The lowest BCUT2D eigenvalue weighted by Gasteiger charge is -2.11. The minimum Gasteiger partial charge on any atom is -0.495 e. The predicted octanol–water partition coefficient (Wildman–Crippen LogP) is 3.60. The van der Waals surface area contributed by atoms with Gasteiger partial charge in [-0.2, -0.15) is 5.26 Å². The summed E-state index contributed by atoms with van der Waals surface area (Å²) in [4.78, 5) is 0.955. The first-order valence-electron chi connectivity index (χ1n) is 7.65. The van der Waals surface area contributed by atoms with E-state index in [9.17, 15) is 5.11 Å². The molecule has 0 bridgehead atoms. The Hall–Kier alpha value is -2.39. The number of thiophene rings is 1. The van der Waals surface area contributed by atoms with Crippen molar-refractivity contribution in [2.75, 3.05) is 13.7 Å². The van der Waals surface area contributed by atoms with Gasteiger partial charge in [0.05, 0.1) is 12.7 Å². The standard InChI is InChI=1S/C19H18N2O2S/c1-23-17-7-6-13(8-15(17)10-20)11-21-12-16(22)19-9-14-4-2-3-5-18(14)24-19/h2-9,16,21-22H,11-12H2,1H3. The zero-order chi connectivity index (χ0) is 16.9. The van der Waals surface area contributed by atoms with Crippen molar-refractivity contribution in [3.05, 3.63) is 64.5 Å². The third kappa shape index (κ3) is 3.57. The molecule has 3 rings (SSSR count). The van der Waals surface area contributed by atoms with Crippen molar-refractivity contribution in [1.29, 1.82) is 5.26 Å². The number of nitrogens with zero attached hydrogens (tertiary/aromatic N) is 1. The maximum absolute atomic E-state index is 10.4. The predicted molar refractivity (Wildman–Crippen MR) is 96.2 cm³/mol.